The Balaban J connectivity index is 1.74. The van der Waals surface area contributed by atoms with Crippen LogP contribution in [-0.2, 0) is 6.42 Å². The first kappa shape index (κ1) is 17.2. The second-order valence-corrected chi connectivity index (χ2v) is 5.62. The van der Waals surface area contributed by atoms with Gasteiger partial charge in [0.25, 0.3) is 5.56 Å². The fourth-order valence-electron chi connectivity index (χ4n) is 2.34. The average molecular weight is 351 g/mol. The van der Waals surface area contributed by atoms with E-state index >= 15 is 0 Å². The van der Waals surface area contributed by atoms with Crippen molar-refractivity contribution in [2.24, 2.45) is 5.10 Å². The molecule has 3 aromatic rings. The number of hydrazone groups is 1. The molecule has 0 saturated heterocycles. The van der Waals surface area contributed by atoms with Crippen LogP contribution in [0.1, 0.15) is 23.7 Å². The van der Waals surface area contributed by atoms with Gasteiger partial charge in [-0.3, -0.25) is 9.78 Å². The Kier molecular flexibility index (Phi) is 4.93. The number of aromatic nitrogens is 3. The zero-order valence-electron chi connectivity index (χ0n) is 14.0. The summed E-state index contributed by atoms with van der Waals surface area (Å²) in [6, 6.07) is 13.7. The van der Waals surface area contributed by atoms with Crippen molar-refractivity contribution < 1.29 is 10.2 Å². The molecule has 2 aromatic carbocycles. The first-order valence-corrected chi connectivity index (χ1v) is 7.85. The number of anilines is 1. The highest BCUT2D eigenvalue weighted by Crippen LogP contribution is 2.23. The molecule has 8 nitrogen and oxygen atoms in total. The van der Waals surface area contributed by atoms with Crippen LogP contribution in [0.5, 0.6) is 11.5 Å². The maximum atomic E-state index is 12.1. The van der Waals surface area contributed by atoms with Crippen LogP contribution in [0.25, 0.3) is 0 Å². The molecule has 1 heterocycles. The molecule has 0 saturated carbocycles. The Morgan fingerprint density at radius 3 is 2.62 bits per heavy atom. The summed E-state index contributed by atoms with van der Waals surface area (Å²) in [5, 5.41) is 31.1. The van der Waals surface area contributed by atoms with Gasteiger partial charge in [-0.2, -0.15) is 5.10 Å². The summed E-state index contributed by atoms with van der Waals surface area (Å²) >= 11 is 0. The van der Waals surface area contributed by atoms with Gasteiger partial charge in [-0.15, -0.1) is 10.2 Å². The number of benzene rings is 2. The molecule has 26 heavy (non-hydrogen) atoms. The van der Waals surface area contributed by atoms with Crippen molar-refractivity contribution in [1.29, 1.82) is 0 Å². The molecule has 1 aromatic heterocycles. The number of H-pyrrole nitrogens is 1. The first-order chi connectivity index (χ1) is 12.5. The van der Waals surface area contributed by atoms with E-state index in [0.29, 0.717) is 23.4 Å². The summed E-state index contributed by atoms with van der Waals surface area (Å²) in [6.07, 6.45) is 0.382. The maximum absolute atomic E-state index is 12.1. The van der Waals surface area contributed by atoms with E-state index in [2.05, 4.69) is 25.7 Å². The highest BCUT2D eigenvalue weighted by atomic mass is 16.3. The second-order valence-electron chi connectivity index (χ2n) is 5.62. The topological polar surface area (TPSA) is 123 Å². The van der Waals surface area contributed by atoms with Crippen LogP contribution in [0.3, 0.4) is 0 Å². The van der Waals surface area contributed by atoms with Crippen molar-refractivity contribution in [2.75, 3.05) is 5.43 Å². The van der Waals surface area contributed by atoms with Gasteiger partial charge in [0.05, 0.1) is 5.71 Å². The molecule has 3 rings (SSSR count). The van der Waals surface area contributed by atoms with Gasteiger partial charge in [0, 0.05) is 18.1 Å². The van der Waals surface area contributed by atoms with E-state index in [1.165, 1.54) is 18.2 Å². The van der Waals surface area contributed by atoms with Crippen LogP contribution in [-0.4, -0.2) is 31.1 Å². The summed E-state index contributed by atoms with van der Waals surface area (Å²) in [4.78, 5) is 14.7. The van der Waals surface area contributed by atoms with Crippen LogP contribution in [0.2, 0.25) is 0 Å². The summed E-state index contributed by atoms with van der Waals surface area (Å²) in [7, 11) is 0. The third-order valence-electron chi connectivity index (χ3n) is 3.68. The molecule has 0 atom stereocenters. The molecular formula is C18H17N5O3. The van der Waals surface area contributed by atoms with Crippen molar-refractivity contribution in [3.63, 3.8) is 0 Å². The Morgan fingerprint density at radius 2 is 1.92 bits per heavy atom. The van der Waals surface area contributed by atoms with E-state index in [1.54, 1.807) is 6.92 Å². The van der Waals surface area contributed by atoms with Crippen LogP contribution in [0, 0.1) is 0 Å². The zero-order chi connectivity index (χ0) is 18.5. The molecule has 4 N–H and O–H groups in total. The van der Waals surface area contributed by atoms with E-state index in [4.69, 9.17) is 0 Å². The van der Waals surface area contributed by atoms with Gasteiger partial charge >= 0.3 is 0 Å². The number of aromatic hydroxyl groups is 2. The molecule has 0 aliphatic carbocycles. The maximum Gasteiger partial charge on any atom is 0.274 e. The number of phenols is 2. The van der Waals surface area contributed by atoms with E-state index in [9.17, 15) is 15.0 Å². The highest BCUT2D eigenvalue weighted by Gasteiger charge is 2.08. The SMILES string of the molecule is CC(=NNc1nnc(Cc2ccccc2)c(=O)[nH]1)c1ccc(O)cc1O. The highest BCUT2D eigenvalue weighted by molar-refractivity contribution is 6.01. The van der Waals surface area contributed by atoms with E-state index in [-0.39, 0.29) is 23.0 Å². The molecule has 0 aliphatic heterocycles. The predicted molar refractivity (Wildman–Crippen MR) is 97.5 cm³/mol. The summed E-state index contributed by atoms with van der Waals surface area (Å²) in [5.41, 5.74) is 4.39. The number of nitrogens with zero attached hydrogens (tertiary/aromatic N) is 3. The molecule has 0 amide bonds. The van der Waals surface area contributed by atoms with Crippen molar-refractivity contribution in [3.8, 4) is 11.5 Å². The van der Waals surface area contributed by atoms with E-state index < -0.39 is 0 Å². The Morgan fingerprint density at radius 1 is 1.15 bits per heavy atom. The number of hydrogen-bond acceptors (Lipinski definition) is 7. The molecule has 0 bridgehead atoms. The number of rotatable bonds is 5. The van der Waals surface area contributed by atoms with Crippen LogP contribution in [0.4, 0.5) is 5.95 Å². The summed E-state index contributed by atoms with van der Waals surface area (Å²) in [5.74, 6) is -0.0634. The smallest absolute Gasteiger partial charge is 0.274 e. The molecule has 0 spiro atoms. The molecule has 0 aliphatic rings. The van der Waals surface area contributed by atoms with Gasteiger partial charge in [-0.05, 0) is 24.6 Å². The zero-order valence-corrected chi connectivity index (χ0v) is 14.0. The molecule has 132 valence electrons. The third-order valence-corrected chi connectivity index (χ3v) is 3.68. The lowest BCUT2D eigenvalue weighted by Crippen LogP contribution is -2.19. The minimum Gasteiger partial charge on any atom is -0.508 e. The molecule has 0 fully saturated rings. The van der Waals surface area contributed by atoms with Gasteiger partial charge in [0.1, 0.15) is 17.2 Å². The number of phenolic OH excluding ortho intramolecular Hbond substituents is 2. The fraction of sp³-hybridized carbons (Fsp3) is 0.111. The third kappa shape index (κ3) is 4.04. The normalized spacial score (nSPS) is 11.3. The predicted octanol–water partition coefficient (Wildman–Crippen LogP) is 2.00. The Hall–Kier alpha value is -3.68. The summed E-state index contributed by atoms with van der Waals surface area (Å²) < 4.78 is 0. The van der Waals surface area contributed by atoms with Gasteiger partial charge in [0.2, 0.25) is 5.95 Å². The van der Waals surface area contributed by atoms with Gasteiger partial charge < -0.3 is 10.2 Å². The monoisotopic (exact) mass is 351 g/mol. The lowest BCUT2D eigenvalue weighted by molar-refractivity contribution is 0.450. The lowest BCUT2D eigenvalue weighted by atomic mass is 10.1. The van der Waals surface area contributed by atoms with Crippen molar-refractivity contribution in [2.45, 2.75) is 13.3 Å². The minimum absolute atomic E-state index is 0.0452. The van der Waals surface area contributed by atoms with Gasteiger partial charge in [-0.25, -0.2) is 5.43 Å². The minimum atomic E-state index is -0.355. The van der Waals surface area contributed by atoms with E-state index in [0.717, 1.165) is 5.56 Å². The molecule has 0 radical (unpaired) electrons. The number of aromatic amines is 1. The number of nitrogens with one attached hydrogen (secondary N) is 2. The fourth-order valence-corrected chi connectivity index (χ4v) is 2.34. The average Bonchev–Trinajstić information content (AvgIpc) is 2.62. The Labute approximate surface area is 148 Å². The van der Waals surface area contributed by atoms with Crippen molar-refractivity contribution in [1.82, 2.24) is 15.2 Å². The standard InChI is InChI=1S/C18H17N5O3/c1-11(14-8-7-13(24)10-16(14)25)20-22-18-19-17(26)15(21-23-18)9-12-5-3-2-4-6-12/h2-8,10,24-25H,9H2,1H3,(H2,19,22,23,26). The first-order valence-electron chi connectivity index (χ1n) is 7.85. The number of hydrogen-bond donors (Lipinski definition) is 4. The van der Waals surface area contributed by atoms with Crippen molar-refractivity contribution in [3.05, 3.63) is 75.7 Å². The summed E-state index contributed by atoms with van der Waals surface area (Å²) in [6.45, 7) is 1.66. The molecule has 8 heteroatoms. The molecular weight excluding hydrogens is 334 g/mol. The quantitative estimate of drug-likeness (QED) is 0.412. The van der Waals surface area contributed by atoms with Crippen molar-refractivity contribution >= 4 is 11.7 Å². The van der Waals surface area contributed by atoms with E-state index in [1.807, 2.05) is 30.3 Å². The van der Waals surface area contributed by atoms with Gasteiger partial charge in [0.15, 0.2) is 0 Å². The largest absolute Gasteiger partial charge is 0.508 e. The van der Waals surface area contributed by atoms with Crippen LogP contribution >= 0.6 is 0 Å². The van der Waals surface area contributed by atoms with Crippen LogP contribution < -0.4 is 11.0 Å². The molecule has 0 unspecified atom stereocenters. The van der Waals surface area contributed by atoms with Crippen LogP contribution in [0.15, 0.2) is 58.4 Å². The van der Waals surface area contributed by atoms with Gasteiger partial charge in [-0.1, -0.05) is 30.3 Å². The Bertz CT molecular complexity index is 999. The lowest BCUT2D eigenvalue weighted by Gasteiger charge is -2.06. The second kappa shape index (κ2) is 7.47.